The Hall–Kier alpha value is -3.62. The number of fused-ring (bicyclic) bond motifs is 6. The number of aromatic nitrogens is 1. The molecule has 2 amide bonds. The van der Waals surface area contributed by atoms with E-state index < -0.39 is 24.2 Å². The summed E-state index contributed by atoms with van der Waals surface area (Å²) in [6.45, 7) is 0.349. The van der Waals surface area contributed by atoms with Crippen molar-refractivity contribution in [2.75, 3.05) is 19.7 Å². The highest BCUT2D eigenvalue weighted by atomic mass is 16.5. The Morgan fingerprint density at radius 2 is 1.90 bits per heavy atom. The van der Waals surface area contributed by atoms with Crippen LogP contribution in [0.2, 0.25) is 0 Å². The number of carbonyl (C=O) groups is 2. The van der Waals surface area contributed by atoms with Crippen LogP contribution >= 0.6 is 0 Å². The molecule has 4 N–H and O–H groups in total. The first kappa shape index (κ1) is 27.2. The van der Waals surface area contributed by atoms with Gasteiger partial charge >= 0.3 is 0 Å². The third kappa shape index (κ3) is 4.90. The van der Waals surface area contributed by atoms with Crippen LogP contribution < -0.4 is 10.1 Å². The summed E-state index contributed by atoms with van der Waals surface area (Å²) in [5.41, 5.74) is 3.39. The molecule has 3 unspecified atom stereocenters. The molecule has 2 aromatic carbocycles. The number of nitrogens with one attached hydrogen (secondary N) is 2. The normalized spacial score (nSPS) is 29.1. The topological polar surface area (TPSA) is 115 Å². The van der Waals surface area contributed by atoms with Gasteiger partial charge in [-0.1, -0.05) is 42.8 Å². The Morgan fingerprint density at radius 3 is 2.69 bits per heavy atom. The van der Waals surface area contributed by atoms with Gasteiger partial charge in [0.15, 0.2) is 0 Å². The summed E-state index contributed by atoms with van der Waals surface area (Å²) < 4.78 is 6.28. The summed E-state index contributed by atoms with van der Waals surface area (Å²) >= 11 is 0. The molecule has 0 saturated heterocycles. The minimum atomic E-state index is -1.01. The van der Waals surface area contributed by atoms with Gasteiger partial charge in [-0.15, -0.1) is 0 Å². The number of nitrogens with zero attached hydrogens (tertiary/aromatic N) is 1. The van der Waals surface area contributed by atoms with Gasteiger partial charge in [0.1, 0.15) is 18.0 Å². The van der Waals surface area contributed by atoms with E-state index in [4.69, 9.17) is 4.74 Å². The molecular weight excluding hydrogens is 530 g/mol. The summed E-state index contributed by atoms with van der Waals surface area (Å²) in [5.74, 6) is 1.62. The number of aliphatic hydroxyl groups is 2. The van der Waals surface area contributed by atoms with Crippen molar-refractivity contribution in [3.63, 3.8) is 0 Å². The van der Waals surface area contributed by atoms with Gasteiger partial charge in [0.25, 0.3) is 0 Å². The number of rotatable bonds is 9. The Labute approximate surface area is 245 Å². The highest BCUT2D eigenvalue weighted by Crippen LogP contribution is 2.50. The number of para-hydroxylation sites is 2. The molecule has 0 radical (unpaired) electrons. The first-order chi connectivity index (χ1) is 20.5. The molecule has 8 nitrogen and oxygen atoms in total. The molecule has 8 heteroatoms. The molecule has 7 atom stereocenters. The second-order valence-corrected chi connectivity index (χ2v) is 12.5. The van der Waals surface area contributed by atoms with Crippen LogP contribution in [-0.2, 0) is 16.0 Å². The van der Waals surface area contributed by atoms with Crippen LogP contribution in [0.5, 0.6) is 5.75 Å². The monoisotopic (exact) mass is 569 g/mol. The van der Waals surface area contributed by atoms with Crippen LogP contribution in [0.25, 0.3) is 10.9 Å². The molecule has 2 heterocycles. The minimum absolute atomic E-state index is 0.0213. The predicted octanol–water partition coefficient (Wildman–Crippen LogP) is 3.69. The molecule has 1 aromatic heterocycles. The van der Waals surface area contributed by atoms with E-state index in [1.807, 2.05) is 42.5 Å². The van der Waals surface area contributed by atoms with E-state index in [0.717, 1.165) is 34.5 Å². The van der Waals surface area contributed by atoms with E-state index in [0.29, 0.717) is 42.5 Å². The predicted molar refractivity (Wildman–Crippen MR) is 159 cm³/mol. The summed E-state index contributed by atoms with van der Waals surface area (Å²) in [6, 6.07) is 17.1. The first-order valence-corrected chi connectivity index (χ1v) is 15.4. The zero-order chi connectivity index (χ0) is 28.8. The number of aromatic amines is 1. The number of aliphatic hydroxyl groups excluding tert-OH is 2. The summed E-state index contributed by atoms with van der Waals surface area (Å²) in [7, 11) is 0. The number of amides is 2. The summed E-state index contributed by atoms with van der Waals surface area (Å²) in [5, 5.41) is 25.1. The zero-order valence-electron chi connectivity index (χ0n) is 23.7. The average Bonchev–Trinajstić information content (AvgIpc) is 3.79. The molecule has 1 aliphatic heterocycles. The van der Waals surface area contributed by atoms with Crippen molar-refractivity contribution >= 4 is 22.7 Å². The minimum Gasteiger partial charge on any atom is -0.486 e. The van der Waals surface area contributed by atoms with E-state index >= 15 is 0 Å². The maximum Gasteiger partial charge on any atom is 0.247 e. The Balaban J connectivity index is 1.21. The second kappa shape index (κ2) is 11.2. The Morgan fingerprint density at radius 1 is 1.07 bits per heavy atom. The number of carbonyl (C=O) groups excluding carboxylic acids is 2. The molecule has 2 saturated carbocycles. The zero-order valence-corrected chi connectivity index (χ0v) is 23.7. The van der Waals surface area contributed by atoms with Crippen LogP contribution in [0, 0.1) is 17.8 Å². The van der Waals surface area contributed by atoms with Crippen molar-refractivity contribution in [1.29, 1.82) is 0 Å². The largest absolute Gasteiger partial charge is 0.486 e. The fourth-order valence-electron chi connectivity index (χ4n) is 8.11. The lowest BCUT2D eigenvalue weighted by molar-refractivity contribution is -0.138. The third-order valence-electron chi connectivity index (χ3n) is 10.1. The fourth-order valence-corrected chi connectivity index (χ4v) is 8.11. The molecular formula is C34H39N3O5. The van der Waals surface area contributed by atoms with Crippen LogP contribution in [0.3, 0.4) is 0 Å². The molecule has 220 valence electrons. The van der Waals surface area contributed by atoms with Gasteiger partial charge in [0.05, 0.1) is 18.6 Å². The van der Waals surface area contributed by atoms with Crippen molar-refractivity contribution in [3.8, 4) is 5.75 Å². The maximum atomic E-state index is 14.2. The average molecular weight is 570 g/mol. The second-order valence-electron chi connectivity index (χ2n) is 12.5. The molecule has 4 aliphatic rings. The van der Waals surface area contributed by atoms with Gasteiger partial charge in [0.2, 0.25) is 11.8 Å². The van der Waals surface area contributed by atoms with E-state index in [1.165, 1.54) is 19.3 Å². The van der Waals surface area contributed by atoms with E-state index in [1.54, 1.807) is 11.0 Å². The van der Waals surface area contributed by atoms with Crippen LogP contribution in [0.4, 0.5) is 0 Å². The lowest BCUT2D eigenvalue weighted by Crippen LogP contribution is -2.56. The maximum absolute atomic E-state index is 14.2. The van der Waals surface area contributed by atoms with Gasteiger partial charge in [-0.05, 0) is 66.7 Å². The fraction of sp³-hybridized carbons (Fsp3) is 0.471. The summed E-state index contributed by atoms with van der Waals surface area (Å²) in [4.78, 5) is 32.9. The standard InChI is InChI=1S/C34H39N3O5/c38-14-12-35-34(41)26-19-28(32(40)33-31(26)25-6-2-4-8-29(25)42-33)37(30(39)18-23-16-20-9-10-21(23)15-20)13-11-24-17-22-5-1-3-7-27(22)36-24/h1-8,17,19-21,23,28,31-33,36,38,40H,9-16,18H2,(H,35,41)/t20?,21?,23?,28-,31+,32+,33+/m1/s1. The lowest BCUT2D eigenvalue weighted by Gasteiger charge is -2.41. The molecule has 3 aliphatic carbocycles. The summed E-state index contributed by atoms with van der Waals surface area (Å²) in [6.07, 6.45) is 5.94. The highest BCUT2D eigenvalue weighted by Gasteiger charge is 2.51. The van der Waals surface area contributed by atoms with E-state index in [-0.39, 0.29) is 25.0 Å². The molecule has 2 bridgehead atoms. The third-order valence-corrected chi connectivity index (χ3v) is 10.1. The smallest absolute Gasteiger partial charge is 0.247 e. The van der Waals surface area contributed by atoms with Crippen molar-refractivity contribution in [2.24, 2.45) is 17.8 Å². The van der Waals surface area contributed by atoms with Crippen molar-refractivity contribution < 1.29 is 24.5 Å². The molecule has 42 heavy (non-hydrogen) atoms. The number of ether oxygens (including phenoxy) is 1. The highest BCUT2D eigenvalue weighted by molar-refractivity contribution is 5.96. The number of hydrogen-bond donors (Lipinski definition) is 4. The number of benzene rings is 2. The lowest BCUT2D eigenvalue weighted by atomic mass is 9.77. The van der Waals surface area contributed by atoms with Gasteiger partial charge in [-0.25, -0.2) is 0 Å². The van der Waals surface area contributed by atoms with Gasteiger partial charge in [0, 0.05) is 48.3 Å². The first-order valence-electron chi connectivity index (χ1n) is 15.4. The molecule has 7 rings (SSSR count). The SMILES string of the molecule is O=C(NCCO)C1=C[C@@H](N(CCc2cc3ccccc3[nH]2)C(=O)CC2CC3CCC2C3)[C@H](O)[C@H]2Oc3ccccc3[C@@H]12. The van der Waals surface area contributed by atoms with E-state index in [9.17, 15) is 19.8 Å². The van der Waals surface area contributed by atoms with Gasteiger partial charge < -0.3 is 30.2 Å². The molecule has 2 fully saturated rings. The Bertz CT molecular complexity index is 1480. The Kier molecular flexibility index (Phi) is 7.28. The van der Waals surface area contributed by atoms with Crippen molar-refractivity contribution in [2.45, 2.75) is 62.7 Å². The number of hydrogen-bond acceptors (Lipinski definition) is 5. The van der Waals surface area contributed by atoms with Gasteiger partial charge in [-0.2, -0.15) is 0 Å². The quantitative estimate of drug-likeness (QED) is 0.314. The van der Waals surface area contributed by atoms with Crippen LogP contribution in [0.15, 0.2) is 66.2 Å². The number of H-pyrrole nitrogens is 1. The van der Waals surface area contributed by atoms with Crippen molar-refractivity contribution in [3.05, 3.63) is 77.5 Å². The van der Waals surface area contributed by atoms with Crippen LogP contribution in [0.1, 0.15) is 49.3 Å². The van der Waals surface area contributed by atoms with Crippen molar-refractivity contribution in [1.82, 2.24) is 15.2 Å². The van der Waals surface area contributed by atoms with Gasteiger partial charge in [-0.3, -0.25) is 9.59 Å². The van der Waals surface area contributed by atoms with Crippen LogP contribution in [-0.4, -0.2) is 69.9 Å². The van der Waals surface area contributed by atoms with E-state index in [2.05, 4.69) is 22.4 Å². The molecule has 0 spiro atoms. The molecule has 3 aromatic rings.